The Hall–Kier alpha value is -0.610. The summed E-state index contributed by atoms with van der Waals surface area (Å²) in [5.41, 5.74) is 0. The summed E-state index contributed by atoms with van der Waals surface area (Å²) in [5, 5.41) is 11.6. The maximum absolute atomic E-state index is 11.3. The summed E-state index contributed by atoms with van der Waals surface area (Å²) >= 11 is 0. The predicted molar refractivity (Wildman–Crippen MR) is 48.2 cm³/mol. The van der Waals surface area contributed by atoms with Gasteiger partial charge in [0.25, 0.3) is 0 Å². The second kappa shape index (κ2) is 5.19. The highest BCUT2D eigenvalue weighted by atomic mass is 16.5. The van der Waals surface area contributed by atoms with Crippen LogP contribution in [0.15, 0.2) is 0 Å². The topological polar surface area (TPSA) is 58.6 Å². The molecule has 0 aliphatic heterocycles. The van der Waals surface area contributed by atoms with E-state index in [0.717, 1.165) is 12.8 Å². The van der Waals surface area contributed by atoms with E-state index in [0.29, 0.717) is 13.0 Å². The van der Waals surface area contributed by atoms with E-state index in [1.54, 1.807) is 7.11 Å². The van der Waals surface area contributed by atoms with Gasteiger partial charge in [-0.3, -0.25) is 4.79 Å². The van der Waals surface area contributed by atoms with Crippen molar-refractivity contribution in [2.75, 3.05) is 20.3 Å². The number of nitrogens with one attached hydrogen (secondary N) is 1. The number of ether oxygens (including phenoxy) is 1. The van der Waals surface area contributed by atoms with Crippen LogP contribution in [0.2, 0.25) is 0 Å². The standard InChI is InChI=1S/C9H17NO3/c1-13-6-8(4-5-11)10-9(12)7-2-3-7/h7-8,11H,2-6H2,1H3,(H,10,12). The van der Waals surface area contributed by atoms with Crippen LogP contribution in [0, 0.1) is 5.92 Å². The number of aliphatic hydroxyl groups excluding tert-OH is 1. The Balaban J connectivity index is 2.22. The molecule has 2 N–H and O–H groups in total. The Morgan fingerprint density at radius 2 is 2.38 bits per heavy atom. The fourth-order valence-corrected chi connectivity index (χ4v) is 1.22. The second-order valence-electron chi connectivity index (χ2n) is 3.45. The van der Waals surface area contributed by atoms with Gasteiger partial charge in [0.2, 0.25) is 5.91 Å². The van der Waals surface area contributed by atoms with Gasteiger partial charge < -0.3 is 15.2 Å². The number of amides is 1. The van der Waals surface area contributed by atoms with Crippen LogP contribution in [0.3, 0.4) is 0 Å². The van der Waals surface area contributed by atoms with Crippen LogP contribution in [0.5, 0.6) is 0 Å². The van der Waals surface area contributed by atoms with Gasteiger partial charge in [-0.15, -0.1) is 0 Å². The average molecular weight is 187 g/mol. The molecule has 0 heterocycles. The van der Waals surface area contributed by atoms with Gasteiger partial charge in [0.1, 0.15) is 0 Å². The molecule has 0 aromatic heterocycles. The normalized spacial score (nSPS) is 18.3. The monoisotopic (exact) mass is 187 g/mol. The van der Waals surface area contributed by atoms with Crippen molar-refractivity contribution in [3.05, 3.63) is 0 Å². The maximum atomic E-state index is 11.3. The molecule has 1 fully saturated rings. The lowest BCUT2D eigenvalue weighted by Crippen LogP contribution is -2.39. The number of methoxy groups -OCH3 is 1. The molecule has 1 unspecified atom stereocenters. The molecular formula is C9H17NO3. The van der Waals surface area contributed by atoms with E-state index < -0.39 is 0 Å². The van der Waals surface area contributed by atoms with Crippen LogP contribution in [0.1, 0.15) is 19.3 Å². The number of hydrogen-bond acceptors (Lipinski definition) is 3. The molecule has 4 heteroatoms. The maximum Gasteiger partial charge on any atom is 0.223 e. The quantitative estimate of drug-likeness (QED) is 0.611. The number of carbonyl (C=O) groups is 1. The first kappa shape index (κ1) is 10.5. The smallest absolute Gasteiger partial charge is 0.223 e. The molecule has 0 bridgehead atoms. The van der Waals surface area contributed by atoms with E-state index in [-0.39, 0.29) is 24.5 Å². The Morgan fingerprint density at radius 1 is 1.69 bits per heavy atom. The number of hydrogen-bond donors (Lipinski definition) is 2. The molecule has 1 aliphatic carbocycles. The molecule has 13 heavy (non-hydrogen) atoms. The largest absolute Gasteiger partial charge is 0.396 e. The fraction of sp³-hybridized carbons (Fsp3) is 0.889. The van der Waals surface area contributed by atoms with Crippen molar-refractivity contribution in [2.45, 2.75) is 25.3 Å². The summed E-state index contributed by atoms with van der Waals surface area (Å²) in [5.74, 6) is 0.327. The molecule has 1 saturated carbocycles. The minimum absolute atomic E-state index is 0.0388. The minimum atomic E-state index is -0.0388. The van der Waals surface area contributed by atoms with E-state index >= 15 is 0 Å². The van der Waals surface area contributed by atoms with Gasteiger partial charge in [-0.2, -0.15) is 0 Å². The Bertz CT molecular complexity index is 162. The van der Waals surface area contributed by atoms with Gasteiger partial charge in [-0.25, -0.2) is 0 Å². The molecule has 0 radical (unpaired) electrons. The van der Waals surface area contributed by atoms with Gasteiger partial charge in [-0.1, -0.05) is 0 Å². The van der Waals surface area contributed by atoms with Crippen molar-refractivity contribution >= 4 is 5.91 Å². The van der Waals surface area contributed by atoms with E-state index in [1.165, 1.54) is 0 Å². The highest BCUT2D eigenvalue weighted by Gasteiger charge is 2.30. The molecule has 1 atom stereocenters. The Morgan fingerprint density at radius 3 is 2.85 bits per heavy atom. The Kier molecular flexibility index (Phi) is 4.18. The van der Waals surface area contributed by atoms with Crippen molar-refractivity contribution in [1.29, 1.82) is 0 Å². The third-order valence-electron chi connectivity index (χ3n) is 2.14. The van der Waals surface area contributed by atoms with Crippen molar-refractivity contribution in [3.63, 3.8) is 0 Å². The zero-order valence-corrected chi connectivity index (χ0v) is 7.95. The molecular weight excluding hydrogens is 170 g/mol. The number of carbonyl (C=O) groups excluding carboxylic acids is 1. The number of aliphatic hydroxyl groups is 1. The van der Waals surface area contributed by atoms with Gasteiger partial charge in [0.05, 0.1) is 12.6 Å². The lowest BCUT2D eigenvalue weighted by atomic mass is 10.2. The van der Waals surface area contributed by atoms with E-state index in [9.17, 15) is 4.79 Å². The molecule has 76 valence electrons. The highest BCUT2D eigenvalue weighted by Crippen LogP contribution is 2.28. The third kappa shape index (κ3) is 3.74. The fourth-order valence-electron chi connectivity index (χ4n) is 1.22. The summed E-state index contributed by atoms with van der Waals surface area (Å²) < 4.78 is 4.93. The Labute approximate surface area is 78.3 Å². The predicted octanol–water partition coefficient (Wildman–Crippen LogP) is -0.0900. The minimum Gasteiger partial charge on any atom is -0.396 e. The first-order chi connectivity index (χ1) is 6.27. The first-order valence-electron chi connectivity index (χ1n) is 4.68. The highest BCUT2D eigenvalue weighted by molar-refractivity contribution is 5.81. The molecule has 0 aromatic rings. The average Bonchev–Trinajstić information content (AvgIpc) is 2.87. The van der Waals surface area contributed by atoms with Crippen molar-refractivity contribution in [3.8, 4) is 0 Å². The van der Waals surface area contributed by atoms with Crippen LogP contribution in [-0.4, -0.2) is 37.4 Å². The molecule has 0 aromatic carbocycles. The molecule has 1 rings (SSSR count). The van der Waals surface area contributed by atoms with E-state index in [1.807, 2.05) is 0 Å². The second-order valence-corrected chi connectivity index (χ2v) is 3.45. The van der Waals surface area contributed by atoms with Crippen LogP contribution < -0.4 is 5.32 Å². The first-order valence-corrected chi connectivity index (χ1v) is 4.68. The van der Waals surface area contributed by atoms with Crippen LogP contribution in [-0.2, 0) is 9.53 Å². The van der Waals surface area contributed by atoms with E-state index in [4.69, 9.17) is 9.84 Å². The SMILES string of the molecule is COCC(CCO)NC(=O)C1CC1. The van der Waals surface area contributed by atoms with Gasteiger partial charge in [0.15, 0.2) is 0 Å². The summed E-state index contributed by atoms with van der Waals surface area (Å²) in [6, 6.07) is -0.0388. The van der Waals surface area contributed by atoms with Gasteiger partial charge in [-0.05, 0) is 19.3 Å². The molecule has 1 aliphatic rings. The van der Waals surface area contributed by atoms with Crippen molar-refractivity contribution < 1.29 is 14.6 Å². The zero-order chi connectivity index (χ0) is 9.68. The summed E-state index contributed by atoms with van der Waals surface area (Å²) in [4.78, 5) is 11.3. The molecule has 0 spiro atoms. The van der Waals surface area contributed by atoms with Crippen LogP contribution in [0.4, 0.5) is 0 Å². The zero-order valence-electron chi connectivity index (χ0n) is 7.95. The van der Waals surface area contributed by atoms with Gasteiger partial charge in [0, 0.05) is 19.6 Å². The molecule has 0 saturated heterocycles. The number of rotatable bonds is 6. The summed E-state index contributed by atoms with van der Waals surface area (Å²) in [6.07, 6.45) is 2.57. The third-order valence-corrected chi connectivity index (χ3v) is 2.14. The van der Waals surface area contributed by atoms with Crippen LogP contribution >= 0.6 is 0 Å². The van der Waals surface area contributed by atoms with Crippen molar-refractivity contribution in [1.82, 2.24) is 5.32 Å². The summed E-state index contributed by atoms with van der Waals surface area (Å²) in [6.45, 7) is 0.554. The van der Waals surface area contributed by atoms with Crippen molar-refractivity contribution in [2.24, 2.45) is 5.92 Å². The lowest BCUT2D eigenvalue weighted by molar-refractivity contribution is -0.123. The van der Waals surface area contributed by atoms with Crippen LogP contribution in [0.25, 0.3) is 0 Å². The van der Waals surface area contributed by atoms with E-state index in [2.05, 4.69) is 5.32 Å². The molecule has 4 nitrogen and oxygen atoms in total. The van der Waals surface area contributed by atoms with Gasteiger partial charge >= 0.3 is 0 Å². The lowest BCUT2D eigenvalue weighted by Gasteiger charge is -2.16. The summed E-state index contributed by atoms with van der Waals surface area (Å²) in [7, 11) is 1.59. The molecule has 1 amide bonds.